The van der Waals surface area contributed by atoms with Gasteiger partial charge in [-0.05, 0) is 18.1 Å². The van der Waals surface area contributed by atoms with E-state index in [0.29, 0.717) is 19.5 Å². The van der Waals surface area contributed by atoms with Gasteiger partial charge in [0.2, 0.25) is 15.9 Å². The van der Waals surface area contributed by atoms with Gasteiger partial charge in [0, 0.05) is 31.1 Å². The molecule has 1 aliphatic heterocycles. The van der Waals surface area contributed by atoms with Crippen molar-refractivity contribution < 1.29 is 26.4 Å². The molecule has 1 fully saturated rings. The van der Waals surface area contributed by atoms with Crippen LogP contribution in [0.25, 0.3) is 0 Å². The van der Waals surface area contributed by atoms with Crippen LogP contribution in [0.15, 0.2) is 24.3 Å². The summed E-state index contributed by atoms with van der Waals surface area (Å²) in [6, 6.07) is 4.67. The standard InChI is InChI=1S/C17H23F3N2O3S2/c1-2-15(13-4-3-5-14(12-13)17(18,19)20)16(23)21-6-11-27(24,25)22-7-9-26-10-8-22/h3-5,12,15H,2,6-11H2,1H3,(H,21,23)/t15-/m0/s1. The van der Waals surface area contributed by atoms with Crippen LogP contribution in [0.5, 0.6) is 0 Å². The number of halogens is 3. The minimum Gasteiger partial charge on any atom is -0.354 e. The number of nitrogens with one attached hydrogen (secondary N) is 1. The molecule has 0 bridgehead atoms. The van der Waals surface area contributed by atoms with Gasteiger partial charge in [0.25, 0.3) is 0 Å². The first-order chi connectivity index (χ1) is 12.6. The summed E-state index contributed by atoms with van der Waals surface area (Å²) in [6.45, 7) is 2.55. The molecule has 0 spiro atoms. The minimum absolute atomic E-state index is 0.0692. The zero-order chi connectivity index (χ0) is 20.1. The molecule has 0 aromatic heterocycles. The summed E-state index contributed by atoms with van der Waals surface area (Å²) in [5, 5.41) is 2.55. The van der Waals surface area contributed by atoms with E-state index in [0.717, 1.165) is 23.6 Å². The molecule has 10 heteroatoms. The van der Waals surface area contributed by atoms with Crippen LogP contribution in [-0.4, -0.2) is 55.5 Å². The van der Waals surface area contributed by atoms with Crippen LogP contribution in [0.1, 0.15) is 30.4 Å². The molecule has 1 atom stereocenters. The van der Waals surface area contributed by atoms with Crippen molar-refractivity contribution in [3.63, 3.8) is 0 Å². The van der Waals surface area contributed by atoms with Crippen molar-refractivity contribution in [1.29, 1.82) is 0 Å². The largest absolute Gasteiger partial charge is 0.416 e. The first-order valence-electron chi connectivity index (χ1n) is 8.65. The minimum atomic E-state index is -4.48. The number of amides is 1. The molecule has 1 aromatic carbocycles. The number of carbonyl (C=O) groups excluding carboxylic acids is 1. The number of hydrogen-bond donors (Lipinski definition) is 1. The van der Waals surface area contributed by atoms with E-state index in [1.54, 1.807) is 18.7 Å². The molecular formula is C17H23F3N2O3S2. The van der Waals surface area contributed by atoms with E-state index in [1.165, 1.54) is 16.4 Å². The van der Waals surface area contributed by atoms with Gasteiger partial charge in [-0.15, -0.1) is 0 Å². The molecule has 1 aliphatic rings. The van der Waals surface area contributed by atoms with Crippen molar-refractivity contribution >= 4 is 27.7 Å². The van der Waals surface area contributed by atoms with E-state index in [1.807, 2.05) is 0 Å². The van der Waals surface area contributed by atoms with Crippen LogP contribution in [0.4, 0.5) is 13.2 Å². The first-order valence-corrected chi connectivity index (χ1v) is 11.4. The molecule has 1 N–H and O–H groups in total. The Morgan fingerprint density at radius 1 is 1.30 bits per heavy atom. The lowest BCUT2D eigenvalue weighted by Crippen LogP contribution is -2.42. The normalized spacial score (nSPS) is 17.5. The summed E-state index contributed by atoms with van der Waals surface area (Å²) in [5.74, 6) is 0.0446. The number of nitrogens with zero attached hydrogens (tertiary/aromatic N) is 1. The molecule has 2 rings (SSSR count). The zero-order valence-electron chi connectivity index (χ0n) is 15.0. The first kappa shape index (κ1) is 22.0. The molecule has 1 amide bonds. The molecule has 5 nitrogen and oxygen atoms in total. The average Bonchev–Trinajstić information content (AvgIpc) is 2.62. The van der Waals surface area contributed by atoms with Crippen molar-refractivity contribution in [2.75, 3.05) is 36.9 Å². The Labute approximate surface area is 161 Å². The van der Waals surface area contributed by atoms with Gasteiger partial charge >= 0.3 is 6.18 Å². The third kappa shape index (κ3) is 6.11. The Balaban J connectivity index is 1.97. The summed E-state index contributed by atoms with van der Waals surface area (Å²) in [6.07, 6.45) is -4.17. The molecule has 152 valence electrons. The van der Waals surface area contributed by atoms with Crippen LogP contribution in [0.3, 0.4) is 0 Å². The van der Waals surface area contributed by atoms with Crippen LogP contribution in [0.2, 0.25) is 0 Å². The van der Waals surface area contributed by atoms with Gasteiger partial charge in [0.1, 0.15) is 0 Å². The third-order valence-corrected chi connectivity index (χ3v) is 7.18. The van der Waals surface area contributed by atoms with Crippen LogP contribution in [0, 0.1) is 0 Å². The molecule has 0 unspecified atom stereocenters. The van der Waals surface area contributed by atoms with Gasteiger partial charge in [0.05, 0.1) is 17.2 Å². The van der Waals surface area contributed by atoms with E-state index in [2.05, 4.69) is 5.32 Å². The molecule has 0 aliphatic carbocycles. The Kier molecular flexibility index (Phi) is 7.58. The predicted molar refractivity (Wildman–Crippen MR) is 100 cm³/mol. The average molecular weight is 425 g/mol. The number of alkyl halides is 3. The predicted octanol–water partition coefficient (Wildman–Crippen LogP) is 2.69. The quantitative estimate of drug-likeness (QED) is 0.731. The summed E-state index contributed by atoms with van der Waals surface area (Å²) in [4.78, 5) is 12.4. The van der Waals surface area contributed by atoms with Crippen LogP contribution >= 0.6 is 11.8 Å². The Bertz CT molecular complexity index is 748. The van der Waals surface area contributed by atoms with Gasteiger partial charge in [-0.2, -0.15) is 24.9 Å². The van der Waals surface area contributed by atoms with E-state index in [9.17, 15) is 26.4 Å². The lowest BCUT2D eigenvalue weighted by molar-refractivity contribution is -0.137. The van der Waals surface area contributed by atoms with Crippen molar-refractivity contribution in [2.45, 2.75) is 25.4 Å². The summed E-state index contributed by atoms with van der Waals surface area (Å²) < 4.78 is 64.6. The monoisotopic (exact) mass is 424 g/mol. The van der Waals surface area contributed by atoms with Gasteiger partial charge in [-0.1, -0.05) is 25.1 Å². The van der Waals surface area contributed by atoms with E-state index in [4.69, 9.17) is 0 Å². The zero-order valence-corrected chi connectivity index (χ0v) is 16.6. The maximum Gasteiger partial charge on any atom is 0.416 e. The van der Waals surface area contributed by atoms with Gasteiger partial charge < -0.3 is 5.32 Å². The van der Waals surface area contributed by atoms with Crippen LogP contribution < -0.4 is 5.32 Å². The van der Waals surface area contributed by atoms with Crippen LogP contribution in [-0.2, 0) is 21.0 Å². The second-order valence-electron chi connectivity index (χ2n) is 6.20. The lowest BCUT2D eigenvalue weighted by atomic mass is 9.94. The number of benzene rings is 1. The van der Waals surface area contributed by atoms with Crippen molar-refractivity contribution in [2.24, 2.45) is 0 Å². The fourth-order valence-electron chi connectivity index (χ4n) is 2.88. The molecular weight excluding hydrogens is 401 g/mol. The fourth-order valence-corrected chi connectivity index (χ4v) is 5.38. The molecule has 0 saturated carbocycles. The molecule has 1 saturated heterocycles. The summed E-state index contributed by atoms with van der Waals surface area (Å²) in [7, 11) is -3.45. The third-order valence-electron chi connectivity index (χ3n) is 4.36. The topological polar surface area (TPSA) is 66.5 Å². The molecule has 1 heterocycles. The van der Waals surface area contributed by atoms with E-state index in [-0.39, 0.29) is 17.9 Å². The Morgan fingerprint density at radius 3 is 2.56 bits per heavy atom. The number of carbonyl (C=O) groups is 1. The van der Waals surface area contributed by atoms with Gasteiger partial charge in [-0.3, -0.25) is 4.79 Å². The highest BCUT2D eigenvalue weighted by Gasteiger charge is 2.31. The maximum atomic E-state index is 12.9. The second kappa shape index (κ2) is 9.29. The van der Waals surface area contributed by atoms with Gasteiger partial charge in [0.15, 0.2) is 0 Å². The number of hydrogen-bond acceptors (Lipinski definition) is 4. The number of rotatable bonds is 7. The number of thioether (sulfide) groups is 1. The Hall–Kier alpha value is -1.26. The molecule has 27 heavy (non-hydrogen) atoms. The van der Waals surface area contributed by atoms with Crippen molar-refractivity contribution in [3.8, 4) is 0 Å². The van der Waals surface area contributed by atoms with Crippen molar-refractivity contribution in [3.05, 3.63) is 35.4 Å². The highest BCUT2D eigenvalue weighted by atomic mass is 32.2. The Morgan fingerprint density at radius 2 is 1.96 bits per heavy atom. The lowest BCUT2D eigenvalue weighted by Gasteiger charge is -2.25. The van der Waals surface area contributed by atoms with E-state index < -0.39 is 33.6 Å². The van der Waals surface area contributed by atoms with E-state index >= 15 is 0 Å². The highest BCUT2D eigenvalue weighted by molar-refractivity contribution is 7.99. The highest BCUT2D eigenvalue weighted by Crippen LogP contribution is 2.31. The molecule has 1 aromatic rings. The maximum absolute atomic E-state index is 12.9. The fraction of sp³-hybridized carbons (Fsp3) is 0.588. The molecule has 0 radical (unpaired) electrons. The van der Waals surface area contributed by atoms with Crippen molar-refractivity contribution in [1.82, 2.24) is 9.62 Å². The SMILES string of the molecule is CC[C@H](C(=O)NCCS(=O)(=O)N1CCSCC1)c1cccc(C(F)(F)F)c1. The van der Waals surface area contributed by atoms with Gasteiger partial charge in [-0.25, -0.2) is 12.7 Å². The second-order valence-corrected chi connectivity index (χ2v) is 9.52. The summed E-state index contributed by atoms with van der Waals surface area (Å²) >= 11 is 1.69. The summed E-state index contributed by atoms with van der Waals surface area (Å²) in [5.41, 5.74) is -0.544. The smallest absolute Gasteiger partial charge is 0.354 e. The number of sulfonamides is 1.